The summed E-state index contributed by atoms with van der Waals surface area (Å²) in [6, 6.07) is 7.08. The van der Waals surface area contributed by atoms with Gasteiger partial charge in [0.25, 0.3) is 0 Å². The van der Waals surface area contributed by atoms with Crippen LogP contribution >= 0.6 is 11.6 Å². The smallest absolute Gasteiger partial charge is 0.223 e. The number of hydrogen-bond donors (Lipinski definition) is 1. The summed E-state index contributed by atoms with van der Waals surface area (Å²) in [6.45, 7) is 1.94. The van der Waals surface area contributed by atoms with Crippen molar-refractivity contribution in [2.45, 2.75) is 51.4 Å². The molecule has 2 fully saturated rings. The molecule has 5 heteroatoms. The van der Waals surface area contributed by atoms with E-state index in [1.807, 2.05) is 4.90 Å². The molecule has 0 radical (unpaired) electrons. The Hall–Kier alpha value is -1.39. The molecule has 1 aliphatic carbocycles. The number of nitrogens with two attached hydrogens (primary N) is 1. The van der Waals surface area contributed by atoms with Crippen LogP contribution in [0.25, 0.3) is 0 Å². The lowest BCUT2D eigenvalue weighted by Gasteiger charge is -2.39. The zero-order valence-electron chi connectivity index (χ0n) is 15.4. The highest BCUT2D eigenvalue weighted by molar-refractivity contribution is 6.30. The number of rotatable bonds is 5. The number of hydrogen-bond acceptors (Lipinski definition) is 3. The summed E-state index contributed by atoms with van der Waals surface area (Å²) < 4.78 is 0. The molecule has 26 heavy (non-hydrogen) atoms. The number of benzene rings is 1. The maximum Gasteiger partial charge on any atom is 0.223 e. The second-order valence-electron chi connectivity index (χ2n) is 7.97. The van der Waals surface area contributed by atoms with Gasteiger partial charge in [-0.2, -0.15) is 0 Å². The van der Waals surface area contributed by atoms with E-state index in [1.54, 1.807) is 24.3 Å². The molecule has 2 N–H and O–H groups in total. The van der Waals surface area contributed by atoms with Gasteiger partial charge in [0.05, 0.1) is 0 Å². The van der Waals surface area contributed by atoms with Crippen LogP contribution in [0.3, 0.4) is 0 Å². The molecule has 3 rings (SSSR count). The number of Topliss-reactive ketones (excluding diaryl/α,β-unsaturated/α-hetero) is 1. The number of likely N-dealkylation sites (tertiary alicyclic amines) is 1. The van der Waals surface area contributed by atoms with Gasteiger partial charge in [-0.3, -0.25) is 9.59 Å². The summed E-state index contributed by atoms with van der Waals surface area (Å²) in [5, 5.41) is 0.638. The highest BCUT2D eigenvalue weighted by Crippen LogP contribution is 2.39. The molecule has 1 amide bonds. The molecule has 0 aromatic heterocycles. The zero-order valence-corrected chi connectivity index (χ0v) is 16.1. The monoisotopic (exact) mass is 376 g/mol. The summed E-state index contributed by atoms with van der Waals surface area (Å²) >= 11 is 5.89. The van der Waals surface area contributed by atoms with Crippen LogP contribution in [-0.2, 0) is 4.79 Å². The molecule has 1 saturated carbocycles. The van der Waals surface area contributed by atoms with E-state index in [0.29, 0.717) is 36.6 Å². The largest absolute Gasteiger partial charge is 0.343 e. The van der Waals surface area contributed by atoms with Crippen molar-refractivity contribution >= 4 is 23.3 Å². The van der Waals surface area contributed by atoms with E-state index in [9.17, 15) is 9.59 Å². The number of carbonyl (C=O) groups is 2. The molecule has 0 spiro atoms. The molecule has 1 aromatic carbocycles. The van der Waals surface area contributed by atoms with Crippen LogP contribution in [0.1, 0.15) is 61.7 Å². The Morgan fingerprint density at radius 1 is 1.08 bits per heavy atom. The van der Waals surface area contributed by atoms with Crippen LogP contribution in [0.15, 0.2) is 24.3 Å². The lowest BCUT2D eigenvalue weighted by Crippen LogP contribution is -2.44. The van der Waals surface area contributed by atoms with Gasteiger partial charge < -0.3 is 10.6 Å². The van der Waals surface area contributed by atoms with Crippen LogP contribution in [0, 0.1) is 11.3 Å². The van der Waals surface area contributed by atoms with E-state index in [2.05, 4.69) is 0 Å². The van der Waals surface area contributed by atoms with E-state index in [-0.39, 0.29) is 23.0 Å². The topological polar surface area (TPSA) is 63.4 Å². The van der Waals surface area contributed by atoms with Crippen LogP contribution < -0.4 is 5.73 Å². The summed E-state index contributed by atoms with van der Waals surface area (Å²) in [5.74, 6) is 0.382. The molecule has 1 aromatic rings. The number of nitrogens with zero attached hydrogens (tertiary/aromatic N) is 1. The van der Waals surface area contributed by atoms with Crippen LogP contribution in [0.2, 0.25) is 5.02 Å². The predicted molar refractivity (Wildman–Crippen MR) is 104 cm³/mol. The minimum Gasteiger partial charge on any atom is -0.343 e. The first-order valence-corrected chi connectivity index (χ1v) is 10.2. The first kappa shape index (κ1) is 19.4. The lowest BCUT2D eigenvalue weighted by atomic mass is 9.71. The maximum atomic E-state index is 12.8. The van der Waals surface area contributed by atoms with E-state index < -0.39 is 0 Å². The Labute approximate surface area is 161 Å². The fraction of sp³-hybridized carbons (Fsp3) is 0.619. The first-order chi connectivity index (χ1) is 12.5. The SMILES string of the molecule is NCC1(CC(=O)N2CCC(C(=O)c3ccc(Cl)cc3)CC2)CCCCC1. The van der Waals surface area contributed by atoms with Crippen molar-refractivity contribution in [2.24, 2.45) is 17.1 Å². The van der Waals surface area contributed by atoms with Gasteiger partial charge in [0, 0.05) is 36.0 Å². The first-order valence-electron chi connectivity index (χ1n) is 9.81. The van der Waals surface area contributed by atoms with Crippen molar-refractivity contribution in [1.29, 1.82) is 0 Å². The second kappa shape index (κ2) is 8.53. The average Bonchev–Trinajstić information content (AvgIpc) is 2.69. The molecule has 0 bridgehead atoms. The highest BCUT2D eigenvalue weighted by Gasteiger charge is 2.36. The molecular formula is C21H29ClN2O2. The standard InChI is InChI=1S/C21H29ClN2O2/c22-18-6-4-16(5-7-18)20(26)17-8-12-24(13-9-17)19(25)14-21(15-23)10-2-1-3-11-21/h4-7,17H,1-3,8-15,23H2. The van der Waals surface area contributed by atoms with Gasteiger partial charge >= 0.3 is 0 Å². The molecule has 0 atom stereocenters. The van der Waals surface area contributed by atoms with Gasteiger partial charge in [-0.05, 0) is 61.9 Å². The Morgan fingerprint density at radius 3 is 2.27 bits per heavy atom. The Kier molecular flexibility index (Phi) is 6.36. The third-order valence-electron chi connectivity index (χ3n) is 6.22. The van der Waals surface area contributed by atoms with E-state index in [0.717, 1.165) is 25.7 Å². The van der Waals surface area contributed by atoms with E-state index >= 15 is 0 Å². The van der Waals surface area contributed by atoms with Crippen LogP contribution in [-0.4, -0.2) is 36.2 Å². The third kappa shape index (κ3) is 4.47. The highest BCUT2D eigenvalue weighted by atomic mass is 35.5. The second-order valence-corrected chi connectivity index (χ2v) is 8.40. The fourth-order valence-electron chi connectivity index (χ4n) is 4.43. The van der Waals surface area contributed by atoms with Gasteiger partial charge in [0.15, 0.2) is 5.78 Å². The van der Waals surface area contributed by atoms with Crippen molar-refractivity contribution in [3.8, 4) is 0 Å². The van der Waals surface area contributed by atoms with Gasteiger partial charge in [-0.1, -0.05) is 30.9 Å². The summed E-state index contributed by atoms with van der Waals surface area (Å²) in [5.41, 5.74) is 6.74. The number of carbonyl (C=O) groups excluding carboxylic acids is 2. The molecule has 2 aliphatic rings. The van der Waals surface area contributed by atoms with Crippen LogP contribution in [0.5, 0.6) is 0 Å². The Bertz CT molecular complexity index is 630. The summed E-state index contributed by atoms with van der Waals surface area (Å²) in [6.07, 6.45) is 7.81. The maximum absolute atomic E-state index is 12.8. The molecule has 4 nitrogen and oxygen atoms in total. The summed E-state index contributed by atoms with van der Waals surface area (Å²) in [7, 11) is 0. The molecule has 1 saturated heterocycles. The van der Waals surface area contributed by atoms with Gasteiger partial charge in [0.1, 0.15) is 0 Å². The van der Waals surface area contributed by atoms with Gasteiger partial charge in [0.2, 0.25) is 5.91 Å². The van der Waals surface area contributed by atoms with Crippen molar-refractivity contribution in [3.63, 3.8) is 0 Å². The molecule has 1 heterocycles. The fourth-order valence-corrected chi connectivity index (χ4v) is 4.55. The average molecular weight is 377 g/mol. The number of amides is 1. The van der Waals surface area contributed by atoms with Crippen molar-refractivity contribution in [1.82, 2.24) is 4.90 Å². The van der Waals surface area contributed by atoms with Gasteiger partial charge in [-0.25, -0.2) is 0 Å². The normalized spacial score (nSPS) is 20.8. The van der Waals surface area contributed by atoms with E-state index in [1.165, 1.54) is 19.3 Å². The minimum absolute atomic E-state index is 0.00150. The molecular weight excluding hydrogens is 348 g/mol. The summed E-state index contributed by atoms with van der Waals surface area (Å²) in [4.78, 5) is 27.4. The van der Waals surface area contributed by atoms with Crippen molar-refractivity contribution in [3.05, 3.63) is 34.9 Å². The zero-order chi connectivity index (χ0) is 18.6. The number of halogens is 1. The van der Waals surface area contributed by atoms with E-state index in [4.69, 9.17) is 17.3 Å². The molecule has 1 aliphatic heterocycles. The molecule has 0 unspecified atom stereocenters. The minimum atomic E-state index is -0.00150. The van der Waals surface area contributed by atoms with Gasteiger partial charge in [-0.15, -0.1) is 0 Å². The van der Waals surface area contributed by atoms with Crippen molar-refractivity contribution < 1.29 is 9.59 Å². The predicted octanol–water partition coefficient (Wildman–Crippen LogP) is 4.06. The van der Waals surface area contributed by atoms with Crippen LogP contribution in [0.4, 0.5) is 0 Å². The number of piperidine rings is 1. The Morgan fingerprint density at radius 2 is 1.69 bits per heavy atom. The Balaban J connectivity index is 1.53. The molecule has 142 valence electrons. The van der Waals surface area contributed by atoms with Crippen molar-refractivity contribution in [2.75, 3.05) is 19.6 Å². The number of ketones is 1. The third-order valence-corrected chi connectivity index (χ3v) is 6.47. The quantitative estimate of drug-likeness (QED) is 0.788. The lowest BCUT2D eigenvalue weighted by molar-refractivity contribution is -0.135.